The van der Waals surface area contributed by atoms with Gasteiger partial charge >= 0.3 is 17.9 Å². The van der Waals surface area contributed by atoms with E-state index in [4.69, 9.17) is 14.2 Å². The summed E-state index contributed by atoms with van der Waals surface area (Å²) in [5, 5.41) is 0. The van der Waals surface area contributed by atoms with E-state index >= 15 is 0 Å². The third-order valence-corrected chi connectivity index (χ3v) is 12.9. The summed E-state index contributed by atoms with van der Waals surface area (Å²) < 4.78 is 16.8. The second-order valence-electron chi connectivity index (χ2n) is 19.6. The van der Waals surface area contributed by atoms with E-state index in [1.54, 1.807) is 0 Å². The third-order valence-electron chi connectivity index (χ3n) is 12.9. The number of ether oxygens (including phenoxy) is 3. The highest BCUT2D eigenvalue weighted by Crippen LogP contribution is 2.16. The van der Waals surface area contributed by atoms with E-state index in [0.717, 1.165) is 70.6 Å². The van der Waals surface area contributed by atoms with Crippen molar-refractivity contribution in [3.8, 4) is 0 Å². The molecule has 0 aromatic carbocycles. The van der Waals surface area contributed by atoms with Crippen molar-refractivity contribution in [2.24, 2.45) is 0 Å². The van der Waals surface area contributed by atoms with Crippen molar-refractivity contribution in [2.75, 3.05) is 13.2 Å². The molecule has 0 rings (SSSR count). The molecule has 386 valence electrons. The third kappa shape index (κ3) is 52.6. The van der Waals surface area contributed by atoms with Crippen molar-refractivity contribution >= 4 is 17.9 Å². The van der Waals surface area contributed by atoms with E-state index in [1.165, 1.54) is 199 Å². The van der Waals surface area contributed by atoms with Crippen molar-refractivity contribution in [1.29, 1.82) is 0 Å². The van der Waals surface area contributed by atoms with Crippen LogP contribution in [0.15, 0.2) is 36.5 Å². The highest BCUT2D eigenvalue weighted by atomic mass is 16.6. The zero-order valence-corrected chi connectivity index (χ0v) is 44.2. The Bertz CT molecular complexity index is 1110. The van der Waals surface area contributed by atoms with E-state index < -0.39 is 6.10 Å². The van der Waals surface area contributed by atoms with Gasteiger partial charge in [0.05, 0.1) is 0 Å². The minimum atomic E-state index is -0.764. The first-order valence-electron chi connectivity index (χ1n) is 29.0. The van der Waals surface area contributed by atoms with E-state index in [-0.39, 0.29) is 31.1 Å². The zero-order valence-electron chi connectivity index (χ0n) is 44.2. The molecule has 0 heterocycles. The molecular weight excluding hydrogens is 817 g/mol. The molecule has 0 fully saturated rings. The fraction of sp³-hybridized carbons (Fsp3) is 0.850. The highest BCUT2D eigenvalue weighted by molar-refractivity contribution is 5.71. The first-order valence-corrected chi connectivity index (χ1v) is 29.0. The molecule has 6 heteroatoms. The molecular formula is C60H110O6. The molecule has 0 spiro atoms. The minimum absolute atomic E-state index is 0.0673. The summed E-state index contributed by atoms with van der Waals surface area (Å²) in [5.74, 6) is -0.858. The summed E-state index contributed by atoms with van der Waals surface area (Å²) in [4.78, 5) is 37.9. The lowest BCUT2D eigenvalue weighted by Gasteiger charge is -2.18. The molecule has 1 atom stereocenters. The molecule has 0 aromatic heterocycles. The fourth-order valence-electron chi connectivity index (χ4n) is 8.51. The standard InChI is InChI=1S/C60H110O6/c1-4-7-10-13-16-19-21-22-23-24-25-26-27-28-29-30-31-32-33-34-35-36-37-38-39-42-44-47-50-53-59(62)65-56-57(55-64-58(61)52-49-46-43-40-18-15-12-9-6-3)66-60(63)54-51-48-45-41-20-17-14-11-8-5-2/h21-22,24-25,27-28,57H,4-20,23,26,29-56H2,1-3H3/b22-21-,25-24-,28-27-. The summed E-state index contributed by atoms with van der Waals surface area (Å²) in [6.45, 7) is 6.62. The summed E-state index contributed by atoms with van der Waals surface area (Å²) >= 11 is 0. The lowest BCUT2D eigenvalue weighted by molar-refractivity contribution is -0.167. The molecule has 66 heavy (non-hydrogen) atoms. The van der Waals surface area contributed by atoms with Crippen LogP contribution in [0.1, 0.15) is 310 Å². The molecule has 0 saturated carbocycles. The monoisotopic (exact) mass is 927 g/mol. The fourth-order valence-corrected chi connectivity index (χ4v) is 8.51. The van der Waals surface area contributed by atoms with Crippen LogP contribution in [0.4, 0.5) is 0 Å². The van der Waals surface area contributed by atoms with Gasteiger partial charge in [0.25, 0.3) is 0 Å². The maximum Gasteiger partial charge on any atom is 0.306 e. The topological polar surface area (TPSA) is 78.9 Å². The number of rotatable bonds is 53. The second kappa shape index (κ2) is 55.2. The van der Waals surface area contributed by atoms with Gasteiger partial charge in [-0.1, -0.05) is 269 Å². The molecule has 1 unspecified atom stereocenters. The van der Waals surface area contributed by atoms with Crippen LogP contribution in [0, 0.1) is 0 Å². The highest BCUT2D eigenvalue weighted by Gasteiger charge is 2.19. The van der Waals surface area contributed by atoms with Gasteiger partial charge in [0, 0.05) is 19.3 Å². The SMILES string of the molecule is CCCCCCC/C=C\C/C=C\C/C=C\CCCCCCCCCCCCCCCCC(=O)OCC(COC(=O)CCCCCCCCCCC)OC(=O)CCCCCCCCCCCC. The molecule has 0 N–H and O–H groups in total. The van der Waals surface area contributed by atoms with E-state index in [0.29, 0.717) is 19.3 Å². The van der Waals surface area contributed by atoms with Gasteiger partial charge in [0.15, 0.2) is 6.10 Å². The molecule has 0 aliphatic rings. The van der Waals surface area contributed by atoms with Gasteiger partial charge in [-0.3, -0.25) is 14.4 Å². The average molecular weight is 928 g/mol. The lowest BCUT2D eigenvalue weighted by atomic mass is 10.0. The van der Waals surface area contributed by atoms with Crippen molar-refractivity contribution in [3.05, 3.63) is 36.5 Å². The molecule has 0 aromatic rings. The van der Waals surface area contributed by atoms with Crippen LogP contribution in [0.5, 0.6) is 0 Å². The smallest absolute Gasteiger partial charge is 0.306 e. The summed E-state index contributed by atoms with van der Waals surface area (Å²) in [6, 6.07) is 0. The lowest BCUT2D eigenvalue weighted by Crippen LogP contribution is -2.30. The Hall–Kier alpha value is -2.37. The van der Waals surface area contributed by atoms with Gasteiger partial charge in [-0.15, -0.1) is 0 Å². The number of carbonyl (C=O) groups is 3. The Labute approximate surface area is 410 Å². The van der Waals surface area contributed by atoms with Crippen LogP contribution in [0.3, 0.4) is 0 Å². The molecule has 0 bridgehead atoms. The Morgan fingerprint density at radius 2 is 0.545 bits per heavy atom. The Balaban J connectivity index is 4.03. The van der Waals surface area contributed by atoms with Gasteiger partial charge in [-0.05, 0) is 57.8 Å². The molecule has 6 nitrogen and oxygen atoms in total. The molecule has 0 radical (unpaired) electrons. The predicted molar refractivity (Wildman–Crippen MR) is 284 cm³/mol. The van der Waals surface area contributed by atoms with Crippen LogP contribution in [-0.4, -0.2) is 37.2 Å². The Morgan fingerprint density at radius 3 is 0.848 bits per heavy atom. The van der Waals surface area contributed by atoms with Crippen molar-refractivity contribution in [2.45, 2.75) is 316 Å². The number of unbranched alkanes of at least 4 members (excludes halogenated alkanes) is 36. The number of carbonyl (C=O) groups excluding carboxylic acids is 3. The molecule has 0 aliphatic carbocycles. The van der Waals surface area contributed by atoms with E-state index in [2.05, 4.69) is 57.2 Å². The average Bonchev–Trinajstić information content (AvgIpc) is 3.31. The van der Waals surface area contributed by atoms with Crippen molar-refractivity contribution in [3.63, 3.8) is 0 Å². The number of hydrogen-bond donors (Lipinski definition) is 0. The number of esters is 3. The number of hydrogen-bond acceptors (Lipinski definition) is 6. The second-order valence-corrected chi connectivity index (χ2v) is 19.6. The Morgan fingerprint density at radius 1 is 0.303 bits per heavy atom. The number of allylic oxidation sites excluding steroid dienone is 6. The van der Waals surface area contributed by atoms with Gasteiger partial charge in [-0.25, -0.2) is 0 Å². The summed E-state index contributed by atoms with van der Waals surface area (Å²) in [6.07, 6.45) is 65.9. The first kappa shape index (κ1) is 63.6. The predicted octanol–water partition coefficient (Wildman–Crippen LogP) is 19.3. The molecule has 0 amide bonds. The first-order chi connectivity index (χ1) is 32.5. The van der Waals surface area contributed by atoms with Crippen LogP contribution >= 0.6 is 0 Å². The quantitative estimate of drug-likeness (QED) is 0.0262. The van der Waals surface area contributed by atoms with E-state index in [9.17, 15) is 14.4 Å². The summed E-state index contributed by atoms with van der Waals surface area (Å²) in [7, 11) is 0. The Kier molecular flexibility index (Phi) is 53.2. The van der Waals surface area contributed by atoms with Crippen molar-refractivity contribution < 1.29 is 28.6 Å². The molecule has 0 aliphatic heterocycles. The van der Waals surface area contributed by atoms with Crippen LogP contribution in [0.2, 0.25) is 0 Å². The van der Waals surface area contributed by atoms with Crippen LogP contribution in [-0.2, 0) is 28.6 Å². The van der Waals surface area contributed by atoms with Gasteiger partial charge in [0.1, 0.15) is 13.2 Å². The van der Waals surface area contributed by atoms with Gasteiger partial charge < -0.3 is 14.2 Å². The summed E-state index contributed by atoms with van der Waals surface area (Å²) in [5.41, 5.74) is 0. The zero-order chi connectivity index (χ0) is 47.9. The van der Waals surface area contributed by atoms with Gasteiger partial charge in [-0.2, -0.15) is 0 Å². The van der Waals surface area contributed by atoms with Crippen LogP contribution < -0.4 is 0 Å². The van der Waals surface area contributed by atoms with Crippen molar-refractivity contribution in [1.82, 2.24) is 0 Å². The van der Waals surface area contributed by atoms with Gasteiger partial charge in [0.2, 0.25) is 0 Å². The maximum atomic E-state index is 12.7. The largest absolute Gasteiger partial charge is 0.462 e. The maximum absolute atomic E-state index is 12.7. The minimum Gasteiger partial charge on any atom is -0.462 e. The normalized spacial score (nSPS) is 12.2. The van der Waals surface area contributed by atoms with E-state index in [1.807, 2.05) is 0 Å². The molecule has 0 saturated heterocycles. The van der Waals surface area contributed by atoms with Crippen LogP contribution in [0.25, 0.3) is 0 Å².